The van der Waals surface area contributed by atoms with E-state index in [2.05, 4.69) is 20.9 Å². The zero-order valence-electron chi connectivity index (χ0n) is 10.8. The fraction of sp³-hybridized carbons (Fsp3) is 0. The van der Waals surface area contributed by atoms with Gasteiger partial charge < -0.3 is 5.11 Å². The molecule has 5 heteroatoms. The Morgan fingerprint density at radius 1 is 1.14 bits per heavy atom. The van der Waals surface area contributed by atoms with Crippen LogP contribution in [0.5, 0.6) is 5.75 Å². The third kappa shape index (κ3) is 2.89. The summed E-state index contributed by atoms with van der Waals surface area (Å²) in [4.78, 5) is 17.2. The van der Waals surface area contributed by atoms with Crippen LogP contribution in [0.2, 0.25) is 0 Å². The summed E-state index contributed by atoms with van der Waals surface area (Å²) in [5, 5.41) is 10.6. The summed E-state index contributed by atoms with van der Waals surface area (Å²) in [6.45, 7) is 0. The molecule has 3 nitrogen and oxygen atoms in total. The molecule has 0 unspecified atom stereocenters. The Hall–Kier alpha value is -1.98. The van der Waals surface area contributed by atoms with Gasteiger partial charge in [-0.25, -0.2) is 4.98 Å². The van der Waals surface area contributed by atoms with E-state index in [1.54, 1.807) is 18.3 Å². The maximum atomic E-state index is 12.5. The van der Waals surface area contributed by atoms with Gasteiger partial charge in [-0.3, -0.25) is 4.79 Å². The SMILES string of the molecule is O=C(c1cnc(-c2ccccc2)s1)c1cc(Br)ccc1O. The van der Waals surface area contributed by atoms with Gasteiger partial charge in [-0.1, -0.05) is 46.3 Å². The van der Waals surface area contributed by atoms with Gasteiger partial charge in [0.15, 0.2) is 0 Å². The number of nitrogens with zero attached hydrogens (tertiary/aromatic N) is 1. The Morgan fingerprint density at radius 2 is 1.90 bits per heavy atom. The quantitative estimate of drug-likeness (QED) is 0.700. The predicted molar refractivity (Wildman–Crippen MR) is 86.8 cm³/mol. The van der Waals surface area contributed by atoms with Gasteiger partial charge in [-0.05, 0) is 18.2 Å². The summed E-state index contributed by atoms with van der Waals surface area (Å²) in [5.74, 6) is -0.258. The molecule has 1 N–H and O–H groups in total. The highest BCUT2D eigenvalue weighted by Crippen LogP contribution is 2.29. The molecule has 1 aromatic heterocycles. The summed E-state index contributed by atoms with van der Waals surface area (Å²) < 4.78 is 0.747. The first-order valence-electron chi connectivity index (χ1n) is 6.19. The molecule has 3 aromatic rings. The molecule has 2 aromatic carbocycles. The van der Waals surface area contributed by atoms with E-state index in [-0.39, 0.29) is 17.1 Å². The predicted octanol–water partition coefficient (Wildman–Crippen LogP) is 4.51. The lowest BCUT2D eigenvalue weighted by Gasteiger charge is -2.02. The molecule has 0 radical (unpaired) electrons. The standard InChI is InChI=1S/C16H10BrNO2S/c17-11-6-7-13(19)12(8-11)15(20)14-9-18-16(21-14)10-4-2-1-3-5-10/h1-9,19H. The van der Waals surface area contributed by atoms with Crippen molar-refractivity contribution in [2.45, 2.75) is 0 Å². The van der Waals surface area contributed by atoms with E-state index in [9.17, 15) is 9.90 Å². The first kappa shape index (κ1) is 14.0. The van der Waals surface area contributed by atoms with Gasteiger partial charge in [-0.2, -0.15) is 0 Å². The lowest BCUT2D eigenvalue weighted by Crippen LogP contribution is -1.98. The number of hydrogen-bond donors (Lipinski definition) is 1. The number of phenols is 1. The van der Waals surface area contributed by atoms with Crippen molar-refractivity contribution in [3.63, 3.8) is 0 Å². The lowest BCUT2D eigenvalue weighted by atomic mass is 10.1. The van der Waals surface area contributed by atoms with Gasteiger partial charge >= 0.3 is 0 Å². The van der Waals surface area contributed by atoms with Crippen LogP contribution in [-0.2, 0) is 0 Å². The second-order valence-corrected chi connectivity index (χ2v) is 6.33. The van der Waals surface area contributed by atoms with Gasteiger partial charge in [0.05, 0.1) is 10.4 Å². The number of aromatic nitrogens is 1. The minimum absolute atomic E-state index is 0.0298. The van der Waals surface area contributed by atoms with Gasteiger partial charge in [0.2, 0.25) is 5.78 Å². The minimum atomic E-state index is -0.228. The van der Waals surface area contributed by atoms with Crippen LogP contribution in [0.4, 0.5) is 0 Å². The van der Waals surface area contributed by atoms with Crippen LogP contribution in [0.1, 0.15) is 15.2 Å². The first-order chi connectivity index (χ1) is 10.1. The summed E-state index contributed by atoms with van der Waals surface area (Å²) in [6.07, 6.45) is 1.55. The van der Waals surface area contributed by atoms with Crippen molar-refractivity contribution in [3.05, 3.63) is 69.6 Å². The largest absolute Gasteiger partial charge is 0.507 e. The van der Waals surface area contributed by atoms with Crippen molar-refractivity contribution >= 4 is 33.0 Å². The van der Waals surface area contributed by atoms with Crippen LogP contribution in [0.25, 0.3) is 10.6 Å². The number of carbonyl (C=O) groups excluding carboxylic acids is 1. The number of phenolic OH excluding ortho intramolecular Hbond substituents is 1. The van der Waals surface area contributed by atoms with E-state index < -0.39 is 0 Å². The summed E-state index contributed by atoms with van der Waals surface area (Å²) >= 11 is 4.62. The van der Waals surface area contributed by atoms with Crippen molar-refractivity contribution in [3.8, 4) is 16.3 Å². The summed E-state index contributed by atoms with van der Waals surface area (Å²) in [7, 11) is 0. The van der Waals surface area contributed by atoms with E-state index in [1.165, 1.54) is 17.4 Å². The van der Waals surface area contributed by atoms with Crippen LogP contribution in [0.3, 0.4) is 0 Å². The Bertz CT molecular complexity index is 799. The summed E-state index contributed by atoms with van der Waals surface area (Å²) in [5.41, 5.74) is 1.24. The van der Waals surface area contributed by atoms with E-state index in [0.29, 0.717) is 4.88 Å². The summed E-state index contributed by atoms with van der Waals surface area (Å²) in [6, 6.07) is 14.5. The molecule has 0 aliphatic carbocycles. The maximum absolute atomic E-state index is 12.5. The van der Waals surface area contributed by atoms with Crippen LogP contribution in [0.15, 0.2) is 59.2 Å². The number of ketones is 1. The van der Waals surface area contributed by atoms with E-state index in [0.717, 1.165) is 15.0 Å². The molecule has 0 saturated heterocycles. The van der Waals surface area contributed by atoms with Crippen molar-refractivity contribution < 1.29 is 9.90 Å². The molecule has 21 heavy (non-hydrogen) atoms. The zero-order valence-corrected chi connectivity index (χ0v) is 13.2. The Morgan fingerprint density at radius 3 is 2.67 bits per heavy atom. The van der Waals surface area contributed by atoms with Gasteiger partial charge in [0.1, 0.15) is 10.8 Å². The molecule has 3 rings (SSSR count). The normalized spacial score (nSPS) is 10.5. The zero-order chi connectivity index (χ0) is 14.8. The van der Waals surface area contributed by atoms with Crippen molar-refractivity contribution in [1.29, 1.82) is 0 Å². The molecule has 0 fully saturated rings. The van der Waals surface area contributed by atoms with E-state index >= 15 is 0 Å². The van der Waals surface area contributed by atoms with Crippen LogP contribution in [-0.4, -0.2) is 15.9 Å². The number of carbonyl (C=O) groups is 1. The minimum Gasteiger partial charge on any atom is -0.507 e. The highest BCUT2D eigenvalue weighted by Gasteiger charge is 2.17. The average Bonchev–Trinajstić information content (AvgIpc) is 3.00. The molecule has 104 valence electrons. The topological polar surface area (TPSA) is 50.2 Å². The molecule has 0 spiro atoms. The second kappa shape index (κ2) is 5.79. The number of aromatic hydroxyl groups is 1. The third-order valence-corrected chi connectivity index (χ3v) is 4.49. The Kier molecular flexibility index (Phi) is 3.86. The number of thiazole rings is 1. The molecule has 0 amide bonds. The third-order valence-electron chi connectivity index (χ3n) is 2.95. The first-order valence-corrected chi connectivity index (χ1v) is 7.80. The molecule has 0 aliphatic rings. The molecule has 1 heterocycles. The number of halogens is 1. The van der Waals surface area contributed by atoms with Gasteiger partial charge in [-0.15, -0.1) is 11.3 Å². The molecular weight excluding hydrogens is 350 g/mol. The fourth-order valence-corrected chi connectivity index (χ4v) is 3.15. The second-order valence-electron chi connectivity index (χ2n) is 4.39. The molecule has 0 saturated carbocycles. The molecule has 0 atom stereocenters. The fourth-order valence-electron chi connectivity index (χ4n) is 1.92. The number of rotatable bonds is 3. The molecule has 0 bridgehead atoms. The number of benzene rings is 2. The smallest absolute Gasteiger partial charge is 0.208 e. The van der Waals surface area contributed by atoms with Crippen molar-refractivity contribution in [2.24, 2.45) is 0 Å². The van der Waals surface area contributed by atoms with Gasteiger partial charge in [0.25, 0.3) is 0 Å². The monoisotopic (exact) mass is 359 g/mol. The van der Waals surface area contributed by atoms with Crippen LogP contribution < -0.4 is 0 Å². The average molecular weight is 360 g/mol. The van der Waals surface area contributed by atoms with E-state index in [4.69, 9.17) is 0 Å². The molecule has 0 aliphatic heterocycles. The highest BCUT2D eigenvalue weighted by molar-refractivity contribution is 9.10. The van der Waals surface area contributed by atoms with E-state index in [1.807, 2.05) is 30.3 Å². The Balaban J connectivity index is 1.96. The molecular formula is C16H10BrNO2S. The maximum Gasteiger partial charge on any atom is 0.208 e. The van der Waals surface area contributed by atoms with Crippen LogP contribution in [0, 0.1) is 0 Å². The number of hydrogen-bond acceptors (Lipinski definition) is 4. The van der Waals surface area contributed by atoms with Gasteiger partial charge in [0, 0.05) is 16.2 Å². The van der Waals surface area contributed by atoms with Crippen LogP contribution >= 0.6 is 27.3 Å². The Labute approximate surface area is 134 Å². The van der Waals surface area contributed by atoms with Crippen molar-refractivity contribution in [2.75, 3.05) is 0 Å². The lowest BCUT2D eigenvalue weighted by molar-refractivity contribution is 0.103. The van der Waals surface area contributed by atoms with Crippen molar-refractivity contribution in [1.82, 2.24) is 4.98 Å². The highest BCUT2D eigenvalue weighted by atomic mass is 79.9.